The number of carboxylic acids is 1. The smallest absolute Gasteiger partial charge is 0.335 e. The molecule has 1 aromatic rings. The minimum Gasteiger partial charge on any atom is -0.493 e. The molecule has 0 unspecified atom stereocenters. The Morgan fingerprint density at radius 1 is 1.44 bits per heavy atom. The zero-order valence-electron chi connectivity index (χ0n) is 10.5. The normalized spacial score (nSPS) is 16.5. The van der Waals surface area contributed by atoms with Gasteiger partial charge in [-0.25, -0.2) is 4.79 Å². The number of rotatable bonds is 4. The van der Waals surface area contributed by atoms with Gasteiger partial charge in [0.1, 0.15) is 5.75 Å². The van der Waals surface area contributed by atoms with E-state index in [1.807, 2.05) is 6.92 Å². The lowest BCUT2D eigenvalue weighted by atomic mass is 10.0. The minimum absolute atomic E-state index is 0.266. The highest BCUT2D eigenvalue weighted by molar-refractivity contribution is 5.88. The van der Waals surface area contributed by atoms with Crippen LogP contribution in [0.4, 0.5) is 0 Å². The van der Waals surface area contributed by atoms with Gasteiger partial charge in [0.05, 0.1) is 12.2 Å². The Bertz CT molecular complexity index is 422. The fourth-order valence-electron chi connectivity index (χ4n) is 2.01. The van der Waals surface area contributed by atoms with Gasteiger partial charge in [-0.05, 0) is 43.4 Å². The molecule has 1 aliphatic rings. The van der Waals surface area contributed by atoms with Crippen LogP contribution in [0.5, 0.6) is 5.75 Å². The summed E-state index contributed by atoms with van der Waals surface area (Å²) in [7, 11) is 0. The van der Waals surface area contributed by atoms with Crippen molar-refractivity contribution in [2.24, 2.45) is 5.92 Å². The van der Waals surface area contributed by atoms with Crippen LogP contribution in [0.1, 0.15) is 28.8 Å². The van der Waals surface area contributed by atoms with Crippen molar-refractivity contribution in [2.75, 3.05) is 19.8 Å². The number of carboxylic acid groups (broad SMARTS) is 1. The molecule has 1 N–H and O–H groups in total. The number of ether oxygens (including phenoxy) is 2. The molecule has 0 amide bonds. The topological polar surface area (TPSA) is 55.8 Å². The summed E-state index contributed by atoms with van der Waals surface area (Å²) in [6, 6.07) is 4.97. The van der Waals surface area contributed by atoms with Crippen molar-refractivity contribution < 1.29 is 19.4 Å². The van der Waals surface area contributed by atoms with E-state index in [0.717, 1.165) is 31.6 Å². The third kappa shape index (κ3) is 3.23. The maximum Gasteiger partial charge on any atom is 0.335 e. The largest absolute Gasteiger partial charge is 0.493 e. The van der Waals surface area contributed by atoms with E-state index in [9.17, 15) is 4.79 Å². The van der Waals surface area contributed by atoms with Crippen LogP contribution in [0.15, 0.2) is 18.2 Å². The molecule has 1 fully saturated rings. The van der Waals surface area contributed by atoms with Crippen LogP contribution in [0, 0.1) is 12.8 Å². The predicted molar refractivity (Wildman–Crippen MR) is 67.2 cm³/mol. The molecule has 0 saturated carbocycles. The lowest BCUT2D eigenvalue weighted by Crippen LogP contribution is -2.21. The average molecular weight is 250 g/mol. The van der Waals surface area contributed by atoms with E-state index >= 15 is 0 Å². The van der Waals surface area contributed by atoms with Crippen molar-refractivity contribution in [3.8, 4) is 5.75 Å². The van der Waals surface area contributed by atoms with Gasteiger partial charge in [-0.3, -0.25) is 0 Å². The molecular formula is C14H18O4. The molecule has 4 heteroatoms. The van der Waals surface area contributed by atoms with E-state index in [1.54, 1.807) is 18.2 Å². The molecule has 1 heterocycles. The van der Waals surface area contributed by atoms with Gasteiger partial charge < -0.3 is 14.6 Å². The summed E-state index contributed by atoms with van der Waals surface area (Å²) < 4.78 is 11.0. The van der Waals surface area contributed by atoms with Crippen molar-refractivity contribution in [2.45, 2.75) is 19.8 Å². The van der Waals surface area contributed by atoms with Gasteiger partial charge in [0.15, 0.2) is 0 Å². The molecule has 2 rings (SSSR count). The van der Waals surface area contributed by atoms with Crippen molar-refractivity contribution in [3.05, 3.63) is 29.3 Å². The number of hydrogen-bond acceptors (Lipinski definition) is 3. The SMILES string of the molecule is Cc1ccc(C(=O)O)cc1OCC1CCOCC1. The Morgan fingerprint density at radius 3 is 2.83 bits per heavy atom. The van der Waals surface area contributed by atoms with E-state index < -0.39 is 5.97 Å². The second kappa shape index (κ2) is 5.87. The first-order valence-electron chi connectivity index (χ1n) is 6.21. The summed E-state index contributed by atoms with van der Waals surface area (Å²) in [6.45, 7) is 4.14. The van der Waals surface area contributed by atoms with Gasteiger partial charge in [-0.1, -0.05) is 6.07 Å². The third-order valence-electron chi connectivity index (χ3n) is 3.25. The van der Waals surface area contributed by atoms with Gasteiger partial charge in [0.2, 0.25) is 0 Å². The third-order valence-corrected chi connectivity index (χ3v) is 3.25. The summed E-state index contributed by atoms with van der Waals surface area (Å²) in [5, 5.41) is 8.95. The lowest BCUT2D eigenvalue weighted by molar-refractivity contribution is 0.0496. The number of benzene rings is 1. The molecule has 0 atom stereocenters. The van der Waals surface area contributed by atoms with Crippen LogP contribution in [-0.4, -0.2) is 30.9 Å². The molecule has 4 nitrogen and oxygen atoms in total. The van der Waals surface area contributed by atoms with Crippen LogP contribution in [0.3, 0.4) is 0 Å². The second-order valence-corrected chi connectivity index (χ2v) is 4.65. The number of aromatic carboxylic acids is 1. The zero-order chi connectivity index (χ0) is 13.0. The first-order valence-corrected chi connectivity index (χ1v) is 6.21. The maximum absolute atomic E-state index is 10.9. The molecule has 0 radical (unpaired) electrons. The molecule has 0 bridgehead atoms. The molecule has 0 spiro atoms. The molecule has 1 saturated heterocycles. The fraction of sp³-hybridized carbons (Fsp3) is 0.500. The predicted octanol–water partition coefficient (Wildman–Crippen LogP) is 2.50. The first-order chi connectivity index (χ1) is 8.66. The molecule has 18 heavy (non-hydrogen) atoms. The summed E-state index contributed by atoms with van der Waals surface area (Å²) in [5.74, 6) is 0.249. The highest BCUT2D eigenvalue weighted by atomic mass is 16.5. The fourth-order valence-corrected chi connectivity index (χ4v) is 2.01. The molecule has 98 valence electrons. The van der Waals surface area contributed by atoms with E-state index in [1.165, 1.54) is 0 Å². The van der Waals surface area contributed by atoms with Crippen LogP contribution < -0.4 is 4.74 Å². The molecule has 0 aliphatic carbocycles. The van der Waals surface area contributed by atoms with Crippen molar-refractivity contribution in [1.29, 1.82) is 0 Å². The van der Waals surface area contributed by atoms with E-state index in [4.69, 9.17) is 14.6 Å². The average Bonchev–Trinajstić information content (AvgIpc) is 2.38. The first kappa shape index (κ1) is 12.9. The van der Waals surface area contributed by atoms with Crippen LogP contribution in [0.2, 0.25) is 0 Å². The quantitative estimate of drug-likeness (QED) is 0.892. The number of carbonyl (C=O) groups is 1. The lowest BCUT2D eigenvalue weighted by Gasteiger charge is -2.22. The summed E-state index contributed by atoms with van der Waals surface area (Å²) in [6.07, 6.45) is 2.02. The van der Waals surface area contributed by atoms with Crippen LogP contribution >= 0.6 is 0 Å². The van der Waals surface area contributed by atoms with E-state index in [-0.39, 0.29) is 5.56 Å². The maximum atomic E-state index is 10.9. The molecular weight excluding hydrogens is 232 g/mol. The van der Waals surface area contributed by atoms with Gasteiger partial charge in [0, 0.05) is 13.2 Å². The van der Waals surface area contributed by atoms with Crippen molar-refractivity contribution in [3.63, 3.8) is 0 Å². The Morgan fingerprint density at radius 2 is 2.17 bits per heavy atom. The monoisotopic (exact) mass is 250 g/mol. The Hall–Kier alpha value is -1.55. The minimum atomic E-state index is -0.925. The Labute approximate surface area is 107 Å². The van der Waals surface area contributed by atoms with Gasteiger partial charge in [0.25, 0.3) is 0 Å². The van der Waals surface area contributed by atoms with E-state index in [2.05, 4.69) is 0 Å². The summed E-state index contributed by atoms with van der Waals surface area (Å²) >= 11 is 0. The standard InChI is InChI=1S/C14H18O4/c1-10-2-3-12(14(15)16)8-13(10)18-9-11-4-6-17-7-5-11/h2-3,8,11H,4-7,9H2,1H3,(H,15,16). The van der Waals surface area contributed by atoms with Gasteiger partial charge >= 0.3 is 5.97 Å². The van der Waals surface area contributed by atoms with Crippen LogP contribution in [0.25, 0.3) is 0 Å². The molecule has 1 aliphatic heterocycles. The highest BCUT2D eigenvalue weighted by Gasteiger charge is 2.15. The molecule has 0 aromatic heterocycles. The summed E-state index contributed by atoms with van der Waals surface area (Å²) in [4.78, 5) is 10.9. The Kier molecular flexibility index (Phi) is 4.20. The molecule has 1 aromatic carbocycles. The highest BCUT2D eigenvalue weighted by Crippen LogP contribution is 2.22. The zero-order valence-corrected chi connectivity index (χ0v) is 10.5. The van der Waals surface area contributed by atoms with Crippen molar-refractivity contribution >= 4 is 5.97 Å². The van der Waals surface area contributed by atoms with Crippen molar-refractivity contribution in [1.82, 2.24) is 0 Å². The van der Waals surface area contributed by atoms with E-state index in [0.29, 0.717) is 18.3 Å². The van der Waals surface area contributed by atoms with Crippen LogP contribution in [-0.2, 0) is 4.74 Å². The second-order valence-electron chi connectivity index (χ2n) is 4.65. The summed E-state index contributed by atoms with van der Waals surface area (Å²) in [5.41, 5.74) is 1.23. The van der Waals surface area contributed by atoms with Gasteiger partial charge in [-0.15, -0.1) is 0 Å². The number of hydrogen-bond donors (Lipinski definition) is 1. The number of aryl methyl sites for hydroxylation is 1. The Balaban J connectivity index is 1.99. The van der Waals surface area contributed by atoms with Gasteiger partial charge in [-0.2, -0.15) is 0 Å².